The standard InChI is InChI=1S/C26H24N2O5S2/c1-14-8-3-5-10-16(14)28-21(18-12-7-13-34-18)20-22(33-28)24(30)27(23(20)29)25-19(26(31)32-2)15-9-4-6-11-17(15)35-25/h3,5,7-8,10,12-13,20-22H,4,6,9,11H2,1-2H3. The van der Waals surface area contributed by atoms with Crippen molar-refractivity contribution in [2.24, 2.45) is 5.92 Å². The number of carbonyl (C=O) groups is 3. The van der Waals surface area contributed by atoms with Crippen LogP contribution in [0.25, 0.3) is 0 Å². The molecule has 2 aliphatic heterocycles. The van der Waals surface area contributed by atoms with Gasteiger partial charge in [0.1, 0.15) is 17.0 Å². The fourth-order valence-corrected chi connectivity index (χ4v) is 7.64. The minimum atomic E-state index is -0.959. The third kappa shape index (κ3) is 3.36. The molecule has 2 amide bonds. The first-order chi connectivity index (χ1) is 17.0. The second-order valence-corrected chi connectivity index (χ2v) is 11.1. The Morgan fingerprint density at radius 1 is 1.09 bits per heavy atom. The molecule has 3 aromatic rings. The van der Waals surface area contributed by atoms with E-state index >= 15 is 0 Å². The number of aryl methyl sites for hydroxylation is 2. The van der Waals surface area contributed by atoms with Crippen molar-refractivity contribution >= 4 is 51.1 Å². The molecule has 35 heavy (non-hydrogen) atoms. The number of rotatable bonds is 4. The summed E-state index contributed by atoms with van der Waals surface area (Å²) < 4.78 is 5.07. The second-order valence-electron chi connectivity index (χ2n) is 9.02. The number of thiophene rings is 2. The maximum Gasteiger partial charge on any atom is 0.341 e. The lowest BCUT2D eigenvalue weighted by Crippen LogP contribution is -2.37. The lowest BCUT2D eigenvalue weighted by atomic mass is 9.94. The molecule has 3 atom stereocenters. The molecule has 180 valence electrons. The van der Waals surface area contributed by atoms with Crippen molar-refractivity contribution in [2.45, 2.75) is 44.8 Å². The molecule has 2 fully saturated rings. The molecular formula is C26H24N2O5S2. The first-order valence-corrected chi connectivity index (χ1v) is 13.4. The van der Waals surface area contributed by atoms with Crippen LogP contribution in [-0.2, 0) is 32.0 Å². The summed E-state index contributed by atoms with van der Waals surface area (Å²) in [6, 6.07) is 11.2. The van der Waals surface area contributed by atoms with Gasteiger partial charge in [0, 0.05) is 9.75 Å². The van der Waals surface area contributed by atoms with Gasteiger partial charge in [-0.2, -0.15) is 0 Å². The van der Waals surface area contributed by atoms with Gasteiger partial charge in [-0.25, -0.2) is 14.8 Å². The van der Waals surface area contributed by atoms with E-state index in [-0.39, 0.29) is 5.91 Å². The fourth-order valence-electron chi connectivity index (χ4n) is 5.40. The van der Waals surface area contributed by atoms with Gasteiger partial charge in [0.2, 0.25) is 5.91 Å². The SMILES string of the molecule is COC(=O)c1c(N2C(=O)C3ON(c4ccccc4C)C(c4cccs4)C3C2=O)sc2c1CCCC2. The molecule has 1 aromatic carbocycles. The van der Waals surface area contributed by atoms with E-state index in [1.54, 1.807) is 5.06 Å². The maximum atomic E-state index is 14.0. The van der Waals surface area contributed by atoms with E-state index in [0.29, 0.717) is 10.6 Å². The van der Waals surface area contributed by atoms with Crippen molar-refractivity contribution in [3.63, 3.8) is 0 Å². The van der Waals surface area contributed by atoms with Gasteiger partial charge in [-0.15, -0.1) is 22.7 Å². The molecule has 0 radical (unpaired) electrons. The van der Waals surface area contributed by atoms with Gasteiger partial charge in [-0.05, 0) is 61.2 Å². The Labute approximate surface area is 210 Å². The quantitative estimate of drug-likeness (QED) is 0.371. The van der Waals surface area contributed by atoms with Gasteiger partial charge in [-0.3, -0.25) is 14.4 Å². The smallest absolute Gasteiger partial charge is 0.341 e. The summed E-state index contributed by atoms with van der Waals surface area (Å²) in [6.45, 7) is 1.98. The number of anilines is 2. The molecule has 0 N–H and O–H groups in total. The van der Waals surface area contributed by atoms with Gasteiger partial charge in [0.05, 0.1) is 18.4 Å². The number of hydrogen-bond acceptors (Lipinski definition) is 8. The number of nitrogens with zero attached hydrogens (tertiary/aromatic N) is 2. The fraction of sp³-hybridized carbons (Fsp3) is 0.346. The Morgan fingerprint density at radius 3 is 2.63 bits per heavy atom. The molecule has 7 nitrogen and oxygen atoms in total. The van der Waals surface area contributed by atoms with E-state index in [0.717, 1.165) is 52.3 Å². The monoisotopic (exact) mass is 508 g/mol. The first-order valence-electron chi connectivity index (χ1n) is 11.7. The summed E-state index contributed by atoms with van der Waals surface area (Å²) in [5.74, 6) is -1.99. The molecule has 1 aliphatic carbocycles. The van der Waals surface area contributed by atoms with Gasteiger partial charge in [0.25, 0.3) is 5.91 Å². The van der Waals surface area contributed by atoms with Gasteiger partial charge in [0.15, 0.2) is 6.10 Å². The average Bonchev–Trinajstić information content (AvgIpc) is 3.63. The van der Waals surface area contributed by atoms with Crippen LogP contribution < -0.4 is 9.96 Å². The highest BCUT2D eigenvalue weighted by Gasteiger charge is 2.61. The summed E-state index contributed by atoms with van der Waals surface area (Å²) >= 11 is 2.90. The molecule has 3 unspecified atom stereocenters. The number of hydroxylamine groups is 1. The molecule has 2 aromatic heterocycles. The number of para-hydroxylation sites is 1. The van der Waals surface area contributed by atoms with E-state index in [1.807, 2.05) is 48.7 Å². The van der Waals surface area contributed by atoms with Gasteiger partial charge in [-0.1, -0.05) is 24.3 Å². The number of hydrogen-bond donors (Lipinski definition) is 0. The average molecular weight is 509 g/mol. The molecule has 9 heteroatoms. The summed E-state index contributed by atoms with van der Waals surface area (Å²) in [6.07, 6.45) is 2.61. The molecule has 2 saturated heterocycles. The number of ether oxygens (including phenoxy) is 1. The third-order valence-corrected chi connectivity index (χ3v) is 9.27. The van der Waals surface area contributed by atoms with Crippen LogP contribution in [0.5, 0.6) is 0 Å². The van der Waals surface area contributed by atoms with Crippen molar-refractivity contribution < 1.29 is 24.0 Å². The Balaban J connectivity index is 1.45. The minimum Gasteiger partial charge on any atom is -0.465 e. The second kappa shape index (κ2) is 8.58. The summed E-state index contributed by atoms with van der Waals surface area (Å²) in [5.41, 5.74) is 3.09. The van der Waals surface area contributed by atoms with Crippen molar-refractivity contribution in [1.29, 1.82) is 0 Å². The zero-order valence-corrected chi connectivity index (χ0v) is 21.0. The van der Waals surface area contributed by atoms with Crippen molar-refractivity contribution in [2.75, 3.05) is 17.1 Å². The van der Waals surface area contributed by atoms with Gasteiger partial charge < -0.3 is 4.74 Å². The van der Waals surface area contributed by atoms with Crippen LogP contribution in [0.15, 0.2) is 41.8 Å². The third-order valence-electron chi connectivity index (χ3n) is 7.05. The van der Waals surface area contributed by atoms with E-state index in [4.69, 9.17) is 9.57 Å². The number of esters is 1. The first kappa shape index (κ1) is 22.5. The number of carbonyl (C=O) groups excluding carboxylic acids is 3. The van der Waals surface area contributed by atoms with E-state index in [2.05, 4.69) is 0 Å². The molecule has 3 aliphatic rings. The Morgan fingerprint density at radius 2 is 1.89 bits per heavy atom. The van der Waals surface area contributed by atoms with E-state index in [1.165, 1.54) is 34.7 Å². The Hall–Kier alpha value is -3.01. The predicted octanol–water partition coefficient (Wildman–Crippen LogP) is 4.83. The summed E-state index contributed by atoms with van der Waals surface area (Å²) in [7, 11) is 1.33. The van der Waals surface area contributed by atoms with Crippen molar-refractivity contribution in [3.8, 4) is 0 Å². The Kier molecular flexibility index (Phi) is 5.51. The number of fused-ring (bicyclic) bond motifs is 2. The van der Waals surface area contributed by atoms with Gasteiger partial charge >= 0.3 is 5.97 Å². The zero-order valence-electron chi connectivity index (χ0n) is 19.4. The highest BCUT2D eigenvalue weighted by Crippen LogP contribution is 2.51. The van der Waals surface area contributed by atoms with Crippen LogP contribution in [0.3, 0.4) is 0 Å². The molecule has 6 rings (SSSR count). The number of benzene rings is 1. The molecule has 4 heterocycles. The Bertz CT molecular complexity index is 1330. The van der Waals surface area contributed by atoms with Crippen LogP contribution in [0.1, 0.15) is 50.1 Å². The number of methoxy groups -OCH3 is 1. The highest BCUT2D eigenvalue weighted by molar-refractivity contribution is 7.17. The van der Waals surface area contributed by atoms with E-state index in [9.17, 15) is 14.4 Å². The lowest BCUT2D eigenvalue weighted by Gasteiger charge is -2.28. The molecule has 0 saturated carbocycles. The molecule has 0 spiro atoms. The zero-order chi connectivity index (χ0) is 24.3. The summed E-state index contributed by atoms with van der Waals surface area (Å²) in [5, 5.41) is 4.06. The van der Waals surface area contributed by atoms with Crippen molar-refractivity contribution in [1.82, 2.24) is 0 Å². The lowest BCUT2D eigenvalue weighted by molar-refractivity contribution is -0.126. The molecule has 0 bridgehead atoms. The molecular weight excluding hydrogens is 484 g/mol. The largest absolute Gasteiger partial charge is 0.465 e. The summed E-state index contributed by atoms with van der Waals surface area (Å²) in [4.78, 5) is 50.0. The number of imide groups is 1. The topological polar surface area (TPSA) is 76.2 Å². The highest BCUT2D eigenvalue weighted by atomic mass is 32.1. The van der Waals surface area contributed by atoms with Crippen molar-refractivity contribution in [3.05, 3.63) is 68.2 Å². The van der Waals surface area contributed by atoms with E-state index < -0.39 is 29.9 Å². The predicted molar refractivity (Wildman–Crippen MR) is 134 cm³/mol. The van der Waals surface area contributed by atoms with Crippen LogP contribution in [-0.4, -0.2) is 31.0 Å². The van der Waals surface area contributed by atoms with Crippen LogP contribution in [0.2, 0.25) is 0 Å². The van der Waals surface area contributed by atoms with Crippen LogP contribution >= 0.6 is 22.7 Å². The normalized spacial score (nSPS) is 23.5. The minimum absolute atomic E-state index is 0.335. The number of amides is 2. The van der Waals surface area contributed by atoms with Crippen LogP contribution in [0.4, 0.5) is 10.7 Å². The van der Waals surface area contributed by atoms with Crippen LogP contribution in [0, 0.1) is 12.8 Å². The maximum absolute atomic E-state index is 14.0.